The van der Waals surface area contributed by atoms with Gasteiger partial charge in [0.15, 0.2) is 0 Å². The predicted molar refractivity (Wildman–Crippen MR) is 75.0 cm³/mol. The Morgan fingerprint density at radius 1 is 1.17 bits per heavy atom. The van der Waals surface area contributed by atoms with Crippen LogP contribution in [0.3, 0.4) is 0 Å². The van der Waals surface area contributed by atoms with Crippen LogP contribution in [0.4, 0.5) is 5.82 Å². The first-order valence-electron chi connectivity index (χ1n) is 5.96. The zero-order valence-corrected chi connectivity index (χ0v) is 11.4. The highest BCUT2D eigenvalue weighted by Crippen LogP contribution is 2.23. The van der Waals surface area contributed by atoms with Gasteiger partial charge in [-0.25, -0.2) is 9.97 Å². The molecule has 0 spiro atoms. The number of rotatable bonds is 4. The maximum atomic E-state index is 6.10. The van der Waals surface area contributed by atoms with E-state index in [1.165, 1.54) is 11.9 Å². The number of nitrogens with zero attached hydrogens (tertiary/aromatic N) is 3. The summed E-state index contributed by atoms with van der Waals surface area (Å²) in [6.45, 7) is 2.87. The fraction of sp³-hybridized carbons (Fsp3) is 0.286. The van der Waals surface area contributed by atoms with E-state index in [1.54, 1.807) is 0 Å². The molecule has 0 aliphatic heterocycles. The van der Waals surface area contributed by atoms with Crippen molar-refractivity contribution in [2.24, 2.45) is 0 Å². The second-order valence-electron chi connectivity index (χ2n) is 4.16. The Balaban J connectivity index is 2.24. The molecule has 0 amide bonds. The second kappa shape index (κ2) is 5.83. The molecule has 94 valence electrons. The monoisotopic (exact) mass is 261 g/mol. The Kier molecular flexibility index (Phi) is 4.15. The van der Waals surface area contributed by atoms with Crippen molar-refractivity contribution in [1.29, 1.82) is 0 Å². The van der Waals surface area contributed by atoms with Gasteiger partial charge in [-0.15, -0.1) is 0 Å². The highest BCUT2D eigenvalue weighted by molar-refractivity contribution is 6.30. The molecule has 0 saturated heterocycles. The van der Waals surface area contributed by atoms with E-state index in [9.17, 15) is 0 Å². The van der Waals surface area contributed by atoms with E-state index in [0.717, 1.165) is 24.3 Å². The average molecular weight is 262 g/mol. The molecular formula is C14H16ClN3. The van der Waals surface area contributed by atoms with Gasteiger partial charge in [0.25, 0.3) is 0 Å². The molecular weight excluding hydrogens is 246 g/mol. The molecule has 0 atom stereocenters. The molecule has 0 aliphatic rings. The van der Waals surface area contributed by atoms with E-state index in [1.807, 2.05) is 25.2 Å². The van der Waals surface area contributed by atoms with E-state index in [2.05, 4.69) is 33.9 Å². The Morgan fingerprint density at radius 3 is 2.56 bits per heavy atom. The summed E-state index contributed by atoms with van der Waals surface area (Å²) in [4.78, 5) is 10.5. The number of hydrogen-bond acceptors (Lipinski definition) is 3. The van der Waals surface area contributed by atoms with Crippen molar-refractivity contribution in [3.63, 3.8) is 0 Å². The highest BCUT2D eigenvalue weighted by Gasteiger charge is 2.12. The Morgan fingerprint density at radius 2 is 1.89 bits per heavy atom. The fourth-order valence-corrected chi connectivity index (χ4v) is 2.21. The third kappa shape index (κ3) is 2.79. The summed E-state index contributed by atoms with van der Waals surface area (Å²) in [6, 6.07) is 10.3. The van der Waals surface area contributed by atoms with Gasteiger partial charge >= 0.3 is 0 Å². The van der Waals surface area contributed by atoms with Gasteiger partial charge in [-0.05, 0) is 12.0 Å². The standard InChI is InChI=1S/C14H16ClN3/c1-3-12-13(15)16-10-17-14(12)18(2)9-11-7-5-4-6-8-11/h4-8,10H,3,9H2,1-2H3. The summed E-state index contributed by atoms with van der Waals surface area (Å²) < 4.78 is 0. The molecule has 1 aromatic carbocycles. The average Bonchev–Trinajstić information content (AvgIpc) is 2.39. The van der Waals surface area contributed by atoms with Crippen LogP contribution in [0.15, 0.2) is 36.7 Å². The van der Waals surface area contributed by atoms with E-state index >= 15 is 0 Å². The molecule has 3 nitrogen and oxygen atoms in total. The van der Waals surface area contributed by atoms with E-state index < -0.39 is 0 Å². The Hall–Kier alpha value is -1.61. The van der Waals surface area contributed by atoms with Crippen molar-refractivity contribution < 1.29 is 0 Å². The summed E-state index contributed by atoms with van der Waals surface area (Å²) in [7, 11) is 2.02. The van der Waals surface area contributed by atoms with Crippen LogP contribution >= 0.6 is 11.6 Å². The van der Waals surface area contributed by atoms with Crippen LogP contribution in [0.5, 0.6) is 0 Å². The Bertz CT molecular complexity index is 514. The van der Waals surface area contributed by atoms with Crippen molar-refractivity contribution in [1.82, 2.24) is 9.97 Å². The quantitative estimate of drug-likeness (QED) is 0.791. The lowest BCUT2D eigenvalue weighted by molar-refractivity contribution is 0.870. The van der Waals surface area contributed by atoms with Crippen LogP contribution < -0.4 is 4.90 Å². The lowest BCUT2D eigenvalue weighted by Crippen LogP contribution is -2.19. The van der Waals surface area contributed by atoms with Gasteiger partial charge in [0, 0.05) is 19.2 Å². The van der Waals surface area contributed by atoms with Gasteiger partial charge in [-0.3, -0.25) is 0 Å². The minimum absolute atomic E-state index is 0.544. The van der Waals surface area contributed by atoms with Crippen LogP contribution in [0.1, 0.15) is 18.1 Å². The summed E-state index contributed by atoms with van der Waals surface area (Å²) in [5, 5.41) is 0.544. The van der Waals surface area contributed by atoms with Crippen molar-refractivity contribution in [2.45, 2.75) is 19.9 Å². The summed E-state index contributed by atoms with van der Waals surface area (Å²) in [5.74, 6) is 0.904. The number of hydrogen-bond donors (Lipinski definition) is 0. The van der Waals surface area contributed by atoms with Gasteiger partial charge < -0.3 is 4.90 Å². The van der Waals surface area contributed by atoms with Crippen LogP contribution in [0, 0.1) is 0 Å². The third-order valence-corrected chi connectivity index (χ3v) is 3.17. The molecule has 2 aromatic rings. The fourth-order valence-electron chi connectivity index (χ4n) is 1.95. The first kappa shape index (κ1) is 12.8. The van der Waals surface area contributed by atoms with Crippen LogP contribution in [0.25, 0.3) is 0 Å². The second-order valence-corrected chi connectivity index (χ2v) is 4.52. The minimum atomic E-state index is 0.544. The van der Waals surface area contributed by atoms with E-state index in [4.69, 9.17) is 11.6 Å². The molecule has 1 aromatic heterocycles. The van der Waals surface area contributed by atoms with Crippen molar-refractivity contribution in [3.8, 4) is 0 Å². The smallest absolute Gasteiger partial charge is 0.137 e. The van der Waals surface area contributed by atoms with Crippen LogP contribution in [0.2, 0.25) is 5.15 Å². The molecule has 0 saturated carbocycles. The zero-order valence-electron chi connectivity index (χ0n) is 10.6. The molecule has 0 radical (unpaired) electrons. The number of aromatic nitrogens is 2. The van der Waals surface area contributed by atoms with E-state index in [0.29, 0.717) is 5.15 Å². The predicted octanol–water partition coefficient (Wildman–Crippen LogP) is 3.33. The maximum absolute atomic E-state index is 6.10. The molecule has 0 bridgehead atoms. The molecule has 1 heterocycles. The first-order valence-corrected chi connectivity index (χ1v) is 6.34. The minimum Gasteiger partial charge on any atom is -0.355 e. The van der Waals surface area contributed by atoms with Crippen molar-refractivity contribution in [2.75, 3.05) is 11.9 Å². The molecule has 0 N–H and O–H groups in total. The van der Waals surface area contributed by atoms with Crippen molar-refractivity contribution >= 4 is 17.4 Å². The lowest BCUT2D eigenvalue weighted by Gasteiger charge is -2.21. The van der Waals surface area contributed by atoms with E-state index in [-0.39, 0.29) is 0 Å². The SMILES string of the molecule is CCc1c(Cl)ncnc1N(C)Cc1ccccc1. The molecule has 0 unspecified atom stereocenters. The third-order valence-electron chi connectivity index (χ3n) is 2.85. The zero-order chi connectivity index (χ0) is 13.0. The highest BCUT2D eigenvalue weighted by atomic mass is 35.5. The van der Waals surface area contributed by atoms with Crippen LogP contribution in [-0.4, -0.2) is 17.0 Å². The molecule has 0 aliphatic carbocycles. The number of anilines is 1. The largest absolute Gasteiger partial charge is 0.355 e. The van der Waals surface area contributed by atoms with Gasteiger partial charge in [0.1, 0.15) is 17.3 Å². The summed E-state index contributed by atoms with van der Waals surface area (Å²) in [5.41, 5.74) is 2.24. The maximum Gasteiger partial charge on any atom is 0.137 e. The van der Waals surface area contributed by atoms with Gasteiger partial charge in [-0.2, -0.15) is 0 Å². The van der Waals surface area contributed by atoms with Gasteiger partial charge in [0.2, 0.25) is 0 Å². The molecule has 0 fully saturated rings. The Labute approximate surface area is 112 Å². The topological polar surface area (TPSA) is 29.0 Å². The number of benzene rings is 1. The molecule has 18 heavy (non-hydrogen) atoms. The molecule has 4 heteroatoms. The van der Waals surface area contributed by atoms with Gasteiger partial charge in [0.05, 0.1) is 0 Å². The summed E-state index contributed by atoms with van der Waals surface area (Å²) >= 11 is 6.10. The normalized spacial score (nSPS) is 10.4. The van der Waals surface area contributed by atoms with Crippen molar-refractivity contribution in [3.05, 3.63) is 52.9 Å². The lowest BCUT2D eigenvalue weighted by atomic mass is 10.2. The van der Waals surface area contributed by atoms with Gasteiger partial charge in [-0.1, -0.05) is 48.9 Å². The molecule has 2 rings (SSSR count). The summed E-state index contributed by atoms with van der Waals surface area (Å²) in [6.07, 6.45) is 2.34. The van der Waals surface area contributed by atoms with Crippen LogP contribution in [-0.2, 0) is 13.0 Å². The number of halogens is 1. The first-order chi connectivity index (χ1) is 8.72.